The number of hydrogen-bond acceptors (Lipinski definition) is 5. The summed E-state index contributed by atoms with van der Waals surface area (Å²) in [6.07, 6.45) is 1.27. The maximum atomic E-state index is 11.9. The second-order valence-electron chi connectivity index (χ2n) is 5.70. The summed E-state index contributed by atoms with van der Waals surface area (Å²) in [6, 6.07) is 18.6. The van der Waals surface area contributed by atoms with Gasteiger partial charge in [-0.05, 0) is 37.6 Å². The minimum absolute atomic E-state index is 0.160. The Kier molecular flexibility index (Phi) is 8.23. The second-order valence-corrected chi connectivity index (χ2v) is 5.70. The zero-order valence-electron chi connectivity index (χ0n) is 14.8. The molecule has 2 aromatic carbocycles. The molecule has 0 aromatic heterocycles. The van der Waals surface area contributed by atoms with Gasteiger partial charge in [0.1, 0.15) is 31.3 Å². The van der Waals surface area contributed by atoms with Crippen molar-refractivity contribution in [2.24, 2.45) is 0 Å². The van der Waals surface area contributed by atoms with Crippen molar-refractivity contribution in [3.63, 3.8) is 0 Å². The Bertz CT molecular complexity index is 682. The third-order valence-electron chi connectivity index (χ3n) is 3.53. The standard InChI is InChI=1S/C21H24O5/c1-17(12-13-18(22)16-26-20-10-6-3-7-11-20)21(23)25-15-14-24-19-8-4-2-5-9-19/h2-12,18,22H,13-16H2,1H3. The predicted molar refractivity (Wildman–Crippen MR) is 99.2 cm³/mol. The summed E-state index contributed by atoms with van der Waals surface area (Å²) in [7, 11) is 0. The molecule has 5 nitrogen and oxygen atoms in total. The summed E-state index contributed by atoms with van der Waals surface area (Å²) in [4.78, 5) is 11.9. The minimum atomic E-state index is -0.695. The summed E-state index contributed by atoms with van der Waals surface area (Å²) < 4.78 is 16.1. The third-order valence-corrected chi connectivity index (χ3v) is 3.53. The molecular formula is C21H24O5. The molecular weight excluding hydrogens is 332 g/mol. The van der Waals surface area contributed by atoms with Gasteiger partial charge in [0.25, 0.3) is 0 Å². The molecule has 0 heterocycles. The molecule has 5 heteroatoms. The fourth-order valence-corrected chi connectivity index (χ4v) is 2.10. The lowest BCUT2D eigenvalue weighted by Gasteiger charge is -2.11. The van der Waals surface area contributed by atoms with Gasteiger partial charge in [-0.2, -0.15) is 0 Å². The average Bonchev–Trinajstić information content (AvgIpc) is 2.69. The first-order chi connectivity index (χ1) is 12.6. The van der Waals surface area contributed by atoms with Crippen LogP contribution in [0.1, 0.15) is 13.3 Å². The fraction of sp³-hybridized carbons (Fsp3) is 0.286. The van der Waals surface area contributed by atoms with Crippen molar-refractivity contribution in [3.8, 4) is 11.5 Å². The van der Waals surface area contributed by atoms with Crippen molar-refractivity contribution < 1.29 is 24.1 Å². The van der Waals surface area contributed by atoms with Crippen LogP contribution in [0.15, 0.2) is 72.3 Å². The maximum Gasteiger partial charge on any atom is 0.333 e. The number of hydrogen-bond donors (Lipinski definition) is 1. The van der Waals surface area contributed by atoms with E-state index in [9.17, 15) is 9.90 Å². The molecule has 1 unspecified atom stereocenters. The second kappa shape index (κ2) is 10.9. The van der Waals surface area contributed by atoms with E-state index in [1.165, 1.54) is 0 Å². The number of para-hydroxylation sites is 2. The Hall–Kier alpha value is -2.79. The molecule has 0 spiro atoms. The quantitative estimate of drug-likeness (QED) is 0.402. The van der Waals surface area contributed by atoms with Crippen molar-refractivity contribution in [1.29, 1.82) is 0 Å². The topological polar surface area (TPSA) is 65.0 Å². The highest BCUT2D eigenvalue weighted by molar-refractivity contribution is 5.87. The lowest BCUT2D eigenvalue weighted by Crippen LogP contribution is -2.17. The number of benzene rings is 2. The van der Waals surface area contributed by atoms with Crippen molar-refractivity contribution in [2.45, 2.75) is 19.4 Å². The van der Waals surface area contributed by atoms with E-state index in [-0.39, 0.29) is 19.8 Å². The molecule has 0 aliphatic rings. The number of carbonyl (C=O) groups is 1. The summed E-state index contributed by atoms with van der Waals surface area (Å²) in [5.41, 5.74) is 0.448. The van der Waals surface area contributed by atoms with Crippen LogP contribution in [0.25, 0.3) is 0 Å². The van der Waals surface area contributed by atoms with Gasteiger partial charge in [0, 0.05) is 5.57 Å². The largest absolute Gasteiger partial charge is 0.491 e. The van der Waals surface area contributed by atoms with E-state index in [0.717, 1.165) is 5.75 Å². The number of esters is 1. The minimum Gasteiger partial charge on any atom is -0.491 e. The van der Waals surface area contributed by atoms with Crippen LogP contribution in [0.2, 0.25) is 0 Å². The molecule has 1 N–H and O–H groups in total. The van der Waals surface area contributed by atoms with E-state index >= 15 is 0 Å². The molecule has 26 heavy (non-hydrogen) atoms. The zero-order valence-corrected chi connectivity index (χ0v) is 14.8. The van der Waals surface area contributed by atoms with Crippen LogP contribution in [0.5, 0.6) is 11.5 Å². The highest BCUT2D eigenvalue weighted by Crippen LogP contribution is 2.10. The Morgan fingerprint density at radius 1 is 0.962 bits per heavy atom. The third kappa shape index (κ3) is 7.40. The highest BCUT2D eigenvalue weighted by atomic mass is 16.6. The van der Waals surface area contributed by atoms with Gasteiger partial charge >= 0.3 is 5.97 Å². The lowest BCUT2D eigenvalue weighted by molar-refractivity contribution is -0.139. The van der Waals surface area contributed by atoms with Gasteiger partial charge in [-0.15, -0.1) is 0 Å². The number of ether oxygens (including phenoxy) is 3. The van der Waals surface area contributed by atoms with Crippen molar-refractivity contribution >= 4 is 5.97 Å². The molecule has 0 radical (unpaired) electrons. The molecule has 0 amide bonds. The van der Waals surface area contributed by atoms with Crippen LogP contribution < -0.4 is 9.47 Å². The summed E-state index contributed by atoms with van der Waals surface area (Å²) in [5.74, 6) is 1.01. The normalized spacial score (nSPS) is 12.3. The van der Waals surface area contributed by atoms with Crippen LogP contribution >= 0.6 is 0 Å². The maximum absolute atomic E-state index is 11.9. The van der Waals surface area contributed by atoms with Crippen LogP contribution in [-0.4, -0.2) is 37.0 Å². The van der Waals surface area contributed by atoms with Gasteiger partial charge in [-0.3, -0.25) is 0 Å². The first-order valence-corrected chi connectivity index (χ1v) is 8.53. The number of aliphatic hydroxyl groups excluding tert-OH is 1. The van der Waals surface area contributed by atoms with Gasteiger partial charge in [-0.1, -0.05) is 42.5 Å². The van der Waals surface area contributed by atoms with Gasteiger partial charge in [0.15, 0.2) is 0 Å². The van der Waals surface area contributed by atoms with Gasteiger partial charge in [0.2, 0.25) is 0 Å². The summed E-state index contributed by atoms with van der Waals surface area (Å²) >= 11 is 0. The van der Waals surface area contributed by atoms with Crippen molar-refractivity contribution in [3.05, 3.63) is 72.3 Å². The van der Waals surface area contributed by atoms with E-state index in [0.29, 0.717) is 17.7 Å². The number of rotatable bonds is 10. The Morgan fingerprint density at radius 2 is 1.54 bits per heavy atom. The fourth-order valence-electron chi connectivity index (χ4n) is 2.10. The molecule has 2 aromatic rings. The SMILES string of the molecule is CC(=CCC(O)COc1ccccc1)C(=O)OCCOc1ccccc1. The van der Waals surface area contributed by atoms with E-state index < -0.39 is 12.1 Å². The number of carbonyl (C=O) groups excluding carboxylic acids is 1. The highest BCUT2D eigenvalue weighted by Gasteiger charge is 2.08. The van der Waals surface area contributed by atoms with Crippen LogP contribution in [-0.2, 0) is 9.53 Å². The van der Waals surface area contributed by atoms with Gasteiger partial charge in [-0.25, -0.2) is 4.79 Å². The van der Waals surface area contributed by atoms with E-state index in [1.54, 1.807) is 13.0 Å². The summed E-state index contributed by atoms with van der Waals surface area (Å²) in [5, 5.41) is 9.94. The van der Waals surface area contributed by atoms with Crippen LogP contribution in [0.3, 0.4) is 0 Å². The molecule has 0 bridgehead atoms. The first kappa shape index (κ1) is 19.5. The lowest BCUT2D eigenvalue weighted by atomic mass is 10.2. The zero-order chi connectivity index (χ0) is 18.6. The Balaban J connectivity index is 1.63. The first-order valence-electron chi connectivity index (χ1n) is 8.53. The molecule has 0 aliphatic carbocycles. The van der Waals surface area contributed by atoms with Gasteiger partial charge < -0.3 is 19.3 Å². The predicted octanol–water partition coefficient (Wildman–Crippen LogP) is 3.38. The molecule has 138 valence electrons. The van der Waals surface area contributed by atoms with Crippen molar-refractivity contribution in [2.75, 3.05) is 19.8 Å². The monoisotopic (exact) mass is 356 g/mol. The molecule has 0 aliphatic heterocycles. The molecule has 0 saturated heterocycles. The van der Waals surface area contributed by atoms with Gasteiger partial charge in [0.05, 0.1) is 6.10 Å². The van der Waals surface area contributed by atoms with Crippen LogP contribution in [0, 0.1) is 0 Å². The molecule has 0 fully saturated rings. The Morgan fingerprint density at radius 3 is 2.15 bits per heavy atom. The number of aliphatic hydroxyl groups is 1. The molecule has 1 atom stereocenters. The van der Waals surface area contributed by atoms with Crippen molar-refractivity contribution in [1.82, 2.24) is 0 Å². The van der Waals surface area contributed by atoms with E-state index in [1.807, 2.05) is 60.7 Å². The smallest absolute Gasteiger partial charge is 0.333 e. The van der Waals surface area contributed by atoms with E-state index in [4.69, 9.17) is 14.2 Å². The molecule has 2 rings (SSSR count). The van der Waals surface area contributed by atoms with E-state index in [2.05, 4.69) is 0 Å². The molecule has 0 saturated carbocycles. The average molecular weight is 356 g/mol. The van der Waals surface area contributed by atoms with Crippen LogP contribution in [0.4, 0.5) is 0 Å². The summed E-state index contributed by atoms with van der Waals surface area (Å²) in [6.45, 7) is 2.27. The Labute approximate surface area is 153 Å².